The van der Waals surface area contributed by atoms with Gasteiger partial charge >= 0.3 is 5.97 Å². The summed E-state index contributed by atoms with van der Waals surface area (Å²) in [7, 11) is 0. The molecule has 0 aliphatic heterocycles. The number of carbonyl (C=O) groups is 2. The van der Waals surface area contributed by atoms with Crippen molar-refractivity contribution in [2.75, 3.05) is 0 Å². The Morgan fingerprint density at radius 1 is 1.20 bits per heavy atom. The van der Waals surface area contributed by atoms with Crippen LogP contribution in [-0.2, 0) is 16.0 Å². The largest absolute Gasteiger partial charge is 0.506 e. The molecule has 0 aliphatic rings. The fourth-order valence-electron chi connectivity index (χ4n) is 1.69. The molecule has 0 saturated heterocycles. The highest BCUT2D eigenvalue weighted by atomic mass is 16.4. The summed E-state index contributed by atoms with van der Waals surface area (Å²) in [5.74, 6) is -3.19. The Kier molecular flexibility index (Phi) is 3.95. The van der Waals surface area contributed by atoms with E-state index in [2.05, 4.69) is 9.97 Å². The molecule has 2 rings (SSSR count). The van der Waals surface area contributed by atoms with Crippen molar-refractivity contribution in [2.45, 2.75) is 6.42 Å². The predicted octanol–water partition coefficient (Wildman–Crippen LogP) is 1.55. The smallest absolute Gasteiger partial charge is 0.376 e. The van der Waals surface area contributed by atoms with Crippen LogP contribution in [0.2, 0.25) is 0 Å². The lowest BCUT2D eigenvalue weighted by Gasteiger charge is -1.97. The molecule has 0 amide bonds. The van der Waals surface area contributed by atoms with Crippen molar-refractivity contribution in [2.24, 2.45) is 0 Å². The van der Waals surface area contributed by atoms with E-state index in [4.69, 9.17) is 5.11 Å². The van der Waals surface area contributed by atoms with E-state index >= 15 is 0 Å². The molecule has 2 aromatic rings. The van der Waals surface area contributed by atoms with E-state index in [1.807, 2.05) is 12.1 Å². The van der Waals surface area contributed by atoms with Crippen LogP contribution in [0.3, 0.4) is 0 Å². The number of nitrogens with one attached hydrogen (secondary N) is 1. The van der Waals surface area contributed by atoms with Crippen LogP contribution in [0.1, 0.15) is 16.8 Å². The van der Waals surface area contributed by atoms with Crippen LogP contribution in [-0.4, -0.2) is 31.9 Å². The highest BCUT2D eigenvalue weighted by Gasteiger charge is 2.11. The lowest BCUT2D eigenvalue weighted by atomic mass is 10.1. The minimum Gasteiger partial charge on any atom is -0.506 e. The zero-order chi connectivity index (χ0) is 14.5. The van der Waals surface area contributed by atoms with Crippen molar-refractivity contribution >= 4 is 17.5 Å². The summed E-state index contributed by atoms with van der Waals surface area (Å²) in [6.07, 6.45) is 6.37. The van der Waals surface area contributed by atoms with Crippen molar-refractivity contribution in [3.8, 4) is 0 Å². The second-order valence-electron chi connectivity index (χ2n) is 4.15. The van der Waals surface area contributed by atoms with E-state index in [1.165, 1.54) is 0 Å². The molecule has 0 radical (unpaired) electrons. The van der Waals surface area contributed by atoms with Crippen molar-refractivity contribution < 1.29 is 19.8 Å². The zero-order valence-electron chi connectivity index (χ0n) is 10.4. The first-order chi connectivity index (χ1) is 9.56. The van der Waals surface area contributed by atoms with E-state index in [0.717, 1.165) is 11.1 Å². The number of aliphatic hydroxyl groups excluding tert-OH is 1. The summed E-state index contributed by atoms with van der Waals surface area (Å²) in [4.78, 5) is 28.1. The summed E-state index contributed by atoms with van der Waals surface area (Å²) in [5.41, 5.74) is 2.24. The minimum atomic E-state index is -1.61. The monoisotopic (exact) mass is 272 g/mol. The van der Waals surface area contributed by atoms with Gasteiger partial charge in [-0.1, -0.05) is 0 Å². The van der Waals surface area contributed by atoms with Gasteiger partial charge in [0.25, 0.3) is 5.78 Å². The highest BCUT2D eigenvalue weighted by Crippen LogP contribution is 2.15. The SMILES string of the molecule is O=C(O)C(=O)C=C(O)c1cc(Cc2ccncc2)c[nH]1. The van der Waals surface area contributed by atoms with Crippen LogP contribution in [0.4, 0.5) is 0 Å². The Morgan fingerprint density at radius 3 is 2.55 bits per heavy atom. The maximum atomic E-state index is 11.0. The molecule has 6 heteroatoms. The number of ketones is 1. The molecular weight excluding hydrogens is 260 g/mol. The number of aliphatic carboxylic acids is 1. The molecule has 0 unspecified atom stereocenters. The average Bonchev–Trinajstić information content (AvgIpc) is 2.88. The maximum absolute atomic E-state index is 11.0. The van der Waals surface area contributed by atoms with Crippen molar-refractivity contribution in [1.29, 1.82) is 0 Å². The van der Waals surface area contributed by atoms with E-state index in [-0.39, 0.29) is 0 Å². The van der Waals surface area contributed by atoms with E-state index in [0.29, 0.717) is 18.2 Å². The van der Waals surface area contributed by atoms with Gasteiger partial charge in [0.2, 0.25) is 0 Å². The molecule has 0 aliphatic carbocycles. The topological polar surface area (TPSA) is 103 Å². The summed E-state index contributed by atoms with van der Waals surface area (Å²) >= 11 is 0. The van der Waals surface area contributed by atoms with Crippen LogP contribution < -0.4 is 0 Å². The Labute approximate surface area is 114 Å². The van der Waals surface area contributed by atoms with E-state index in [9.17, 15) is 14.7 Å². The number of carboxylic acid groups (broad SMARTS) is 1. The lowest BCUT2D eigenvalue weighted by Crippen LogP contribution is -2.09. The van der Waals surface area contributed by atoms with Gasteiger partial charge in [-0.3, -0.25) is 9.78 Å². The van der Waals surface area contributed by atoms with Crippen molar-refractivity contribution in [3.63, 3.8) is 0 Å². The Morgan fingerprint density at radius 2 is 1.90 bits per heavy atom. The van der Waals surface area contributed by atoms with Crippen molar-refractivity contribution in [3.05, 3.63) is 59.7 Å². The molecule has 102 valence electrons. The van der Waals surface area contributed by atoms with Gasteiger partial charge in [-0.05, 0) is 35.7 Å². The molecule has 0 aromatic carbocycles. The molecule has 20 heavy (non-hydrogen) atoms. The molecule has 0 bridgehead atoms. The molecule has 0 atom stereocenters. The number of hydrogen-bond donors (Lipinski definition) is 3. The number of aromatic nitrogens is 2. The van der Waals surface area contributed by atoms with Crippen LogP contribution in [0.15, 0.2) is 42.9 Å². The Bertz CT molecular complexity index is 659. The van der Waals surface area contributed by atoms with Gasteiger partial charge < -0.3 is 15.2 Å². The predicted molar refractivity (Wildman–Crippen MR) is 71.1 cm³/mol. The van der Waals surface area contributed by atoms with E-state index in [1.54, 1.807) is 24.7 Å². The standard InChI is InChI=1S/C14H12N2O4/c17-12(7-13(18)14(19)20)11-6-10(8-16-11)5-9-1-3-15-4-2-9/h1-4,6-8,16-17H,5H2,(H,19,20). The Balaban J connectivity index is 2.13. The second kappa shape index (κ2) is 5.83. The first kappa shape index (κ1) is 13.5. The summed E-state index contributed by atoms with van der Waals surface area (Å²) in [6, 6.07) is 5.40. The number of nitrogens with zero attached hydrogens (tertiary/aromatic N) is 1. The van der Waals surface area contributed by atoms with Gasteiger partial charge in [-0.15, -0.1) is 0 Å². The first-order valence-electron chi connectivity index (χ1n) is 5.81. The third kappa shape index (κ3) is 3.32. The normalized spacial score (nSPS) is 11.3. The number of pyridine rings is 1. The molecule has 0 spiro atoms. The zero-order valence-corrected chi connectivity index (χ0v) is 10.4. The van der Waals surface area contributed by atoms with E-state index < -0.39 is 17.5 Å². The van der Waals surface area contributed by atoms with Gasteiger partial charge in [0.15, 0.2) is 0 Å². The van der Waals surface area contributed by atoms with Gasteiger partial charge in [-0.2, -0.15) is 0 Å². The third-order valence-corrected chi connectivity index (χ3v) is 2.65. The van der Waals surface area contributed by atoms with Crippen molar-refractivity contribution in [1.82, 2.24) is 9.97 Å². The first-order valence-corrected chi connectivity index (χ1v) is 5.81. The number of H-pyrrole nitrogens is 1. The number of carboxylic acids is 1. The van der Waals surface area contributed by atoms with Gasteiger partial charge in [0, 0.05) is 24.7 Å². The summed E-state index contributed by atoms with van der Waals surface area (Å²) in [6.45, 7) is 0. The van der Waals surface area contributed by atoms with Gasteiger partial charge in [0.1, 0.15) is 5.76 Å². The average molecular weight is 272 g/mol. The number of hydrogen-bond acceptors (Lipinski definition) is 4. The minimum absolute atomic E-state index is 0.295. The quantitative estimate of drug-likeness (QED) is 0.435. The van der Waals surface area contributed by atoms with Crippen LogP contribution in [0.25, 0.3) is 5.76 Å². The maximum Gasteiger partial charge on any atom is 0.376 e. The second-order valence-corrected chi connectivity index (χ2v) is 4.15. The third-order valence-electron chi connectivity index (χ3n) is 2.65. The fourth-order valence-corrected chi connectivity index (χ4v) is 1.69. The number of rotatable bonds is 5. The Hall–Kier alpha value is -2.89. The molecule has 2 heterocycles. The van der Waals surface area contributed by atoms with Crippen LogP contribution in [0.5, 0.6) is 0 Å². The fraction of sp³-hybridized carbons (Fsp3) is 0.0714. The number of carbonyl (C=O) groups excluding carboxylic acids is 1. The van der Waals surface area contributed by atoms with Crippen LogP contribution >= 0.6 is 0 Å². The molecule has 3 N–H and O–H groups in total. The number of aromatic amines is 1. The van der Waals surface area contributed by atoms with Gasteiger partial charge in [0.05, 0.1) is 5.69 Å². The molecule has 0 fully saturated rings. The summed E-state index contributed by atoms with van der Waals surface area (Å²) < 4.78 is 0. The number of aliphatic hydroxyl groups is 1. The molecule has 2 aromatic heterocycles. The molecular formula is C14H12N2O4. The van der Waals surface area contributed by atoms with Crippen LogP contribution in [0, 0.1) is 0 Å². The molecule has 0 saturated carbocycles. The molecule has 6 nitrogen and oxygen atoms in total. The van der Waals surface area contributed by atoms with Gasteiger partial charge in [-0.25, -0.2) is 4.79 Å². The lowest BCUT2D eigenvalue weighted by molar-refractivity contribution is -0.146. The highest BCUT2D eigenvalue weighted by molar-refractivity contribution is 6.38. The summed E-state index contributed by atoms with van der Waals surface area (Å²) in [5, 5.41) is 18.1.